The molecule has 0 spiro atoms. The molecule has 1 aromatic rings. The van der Waals surface area contributed by atoms with Crippen molar-refractivity contribution in [1.82, 2.24) is 4.90 Å². The minimum absolute atomic E-state index is 0.00286. The van der Waals surface area contributed by atoms with E-state index in [0.29, 0.717) is 13.1 Å². The second-order valence-corrected chi connectivity index (χ2v) is 8.69. The van der Waals surface area contributed by atoms with Crippen LogP contribution in [0.3, 0.4) is 0 Å². The number of hydrogen-bond donors (Lipinski definition) is 0. The van der Waals surface area contributed by atoms with Crippen LogP contribution in [0.4, 0.5) is 10.1 Å². The molecule has 2 heterocycles. The van der Waals surface area contributed by atoms with Crippen molar-refractivity contribution in [2.24, 2.45) is 0 Å². The van der Waals surface area contributed by atoms with Crippen LogP contribution in [-0.4, -0.2) is 72.7 Å². The zero-order valence-electron chi connectivity index (χ0n) is 18.6. The van der Waals surface area contributed by atoms with Gasteiger partial charge in [-0.2, -0.15) is 0 Å². The van der Waals surface area contributed by atoms with E-state index < -0.39 is 41.5 Å². The normalized spacial score (nSPS) is 19.8. The molecule has 174 valence electrons. The van der Waals surface area contributed by atoms with Crippen molar-refractivity contribution in [3.05, 3.63) is 29.6 Å². The standard InChI is InChI=1S/C22H27FN2O7/c1-13(26)31-18(21(29)32-22(2,3)4)17-20(28)25(8-9-30-17)16-11-14(10-15(23)12-16)19(27)24-6-5-7-24/h10-12,17-18H,5-9H2,1-4H3/t17-,18-/m1/s1. The van der Waals surface area contributed by atoms with Crippen LogP contribution < -0.4 is 4.90 Å². The van der Waals surface area contributed by atoms with Gasteiger partial charge in [-0.15, -0.1) is 0 Å². The van der Waals surface area contributed by atoms with Gasteiger partial charge in [0, 0.05) is 37.8 Å². The summed E-state index contributed by atoms with van der Waals surface area (Å²) in [7, 11) is 0. The molecule has 0 radical (unpaired) electrons. The number of amides is 2. The third-order valence-electron chi connectivity index (χ3n) is 4.91. The summed E-state index contributed by atoms with van der Waals surface area (Å²) < 4.78 is 30.1. The van der Waals surface area contributed by atoms with Crippen LogP contribution in [0.5, 0.6) is 0 Å². The molecule has 1 aromatic carbocycles. The zero-order valence-corrected chi connectivity index (χ0v) is 18.6. The smallest absolute Gasteiger partial charge is 0.351 e. The molecular weight excluding hydrogens is 423 g/mol. The first-order valence-corrected chi connectivity index (χ1v) is 10.4. The first-order valence-electron chi connectivity index (χ1n) is 10.4. The quantitative estimate of drug-likeness (QED) is 0.629. The number of ether oxygens (including phenoxy) is 3. The number of likely N-dealkylation sites (tertiary alicyclic amines) is 1. The van der Waals surface area contributed by atoms with Crippen molar-refractivity contribution in [3.8, 4) is 0 Å². The van der Waals surface area contributed by atoms with Crippen molar-refractivity contribution in [3.63, 3.8) is 0 Å². The van der Waals surface area contributed by atoms with Gasteiger partial charge in [-0.3, -0.25) is 14.4 Å². The summed E-state index contributed by atoms with van der Waals surface area (Å²) in [4.78, 5) is 52.7. The molecule has 2 amide bonds. The van der Waals surface area contributed by atoms with E-state index in [4.69, 9.17) is 14.2 Å². The number of nitrogens with zero attached hydrogens (tertiary/aromatic N) is 2. The Kier molecular flexibility index (Phi) is 6.82. The number of benzene rings is 1. The summed E-state index contributed by atoms with van der Waals surface area (Å²) >= 11 is 0. The summed E-state index contributed by atoms with van der Waals surface area (Å²) in [6, 6.07) is 3.68. The summed E-state index contributed by atoms with van der Waals surface area (Å²) in [6.07, 6.45) is -2.21. The molecule has 2 saturated heterocycles. The van der Waals surface area contributed by atoms with Crippen LogP contribution in [-0.2, 0) is 28.6 Å². The minimum atomic E-state index is -1.63. The fraction of sp³-hybridized carbons (Fsp3) is 0.545. The van der Waals surface area contributed by atoms with E-state index in [9.17, 15) is 23.6 Å². The molecule has 3 rings (SSSR count). The maximum Gasteiger partial charge on any atom is 0.351 e. The molecule has 32 heavy (non-hydrogen) atoms. The first-order chi connectivity index (χ1) is 15.0. The topological polar surface area (TPSA) is 102 Å². The van der Waals surface area contributed by atoms with Gasteiger partial charge in [-0.25, -0.2) is 9.18 Å². The third kappa shape index (κ3) is 5.42. The van der Waals surface area contributed by atoms with Gasteiger partial charge in [0.15, 0.2) is 6.10 Å². The monoisotopic (exact) mass is 450 g/mol. The van der Waals surface area contributed by atoms with Crippen LogP contribution >= 0.6 is 0 Å². The zero-order chi connectivity index (χ0) is 23.6. The molecule has 0 bridgehead atoms. The van der Waals surface area contributed by atoms with Crippen LogP contribution in [0.1, 0.15) is 44.5 Å². The van der Waals surface area contributed by atoms with Crippen molar-refractivity contribution in [1.29, 1.82) is 0 Å². The second kappa shape index (κ2) is 9.23. The molecule has 9 nitrogen and oxygen atoms in total. The molecule has 2 atom stereocenters. The minimum Gasteiger partial charge on any atom is -0.457 e. The molecule has 0 aromatic heterocycles. The number of carbonyl (C=O) groups is 4. The van der Waals surface area contributed by atoms with Crippen LogP contribution in [0.15, 0.2) is 18.2 Å². The molecule has 0 N–H and O–H groups in total. The maximum absolute atomic E-state index is 14.3. The number of esters is 2. The second-order valence-electron chi connectivity index (χ2n) is 8.69. The Morgan fingerprint density at radius 2 is 1.84 bits per heavy atom. The van der Waals surface area contributed by atoms with Crippen LogP contribution in [0.25, 0.3) is 0 Å². The molecule has 2 aliphatic rings. The fourth-order valence-electron chi connectivity index (χ4n) is 3.41. The number of morpholine rings is 1. The van der Waals surface area contributed by atoms with Gasteiger partial charge in [0.1, 0.15) is 11.4 Å². The van der Waals surface area contributed by atoms with E-state index in [1.54, 1.807) is 25.7 Å². The molecule has 0 saturated carbocycles. The summed E-state index contributed by atoms with van der Waals surface area (Å²) in [6.45, 7) is 7.27. The van der Waals surface area contributed by atoms with E-state index in [0.717, 1.165) is 25.5 Å². The summed E-state index contributed by atoms with van der Waals surface area (Å²) in [5, 5.41) is 0. The molecular formula is C22H27FN2O7. The number of hydrogen-bond acceptors (Lipinski definition) is 7. The summed E-state index contributed by atoms with van der Waals surface area (Å²) in [5.74, 6) is -3.42. The molecule has 0 aliphatic carbocycles. The fourth-order valence-corrected chi connectivity index (χ4v) is 3.41. The van der Waals surface area contributed by atoms with Gasteiger partial charge in [0.05, 0.1) is 6.61 Å². The Morgan fingerprint density at radius 1 is 1.16 bits per heavy atom. The van der Waals surface area contributed by atoms with Gasteiger partial charge in [0.25, 0.3) is 11.8 Å². The number of anilines is 1. The molecule has 0 unspecified atom stereocenters. The van der Waals surface area contributed by atoms with Crippen molar-refractivity contribution in [2.45, 2.75) is 51.9 Å². The first kappa shape index (κ1) is 23.6. The highest BCUT2D eigenvalue weighted by molar-refractivity contribution is 6.02. The lowest BCUT2D eigenvalue weighted by atomic mass is 10.1. The third-order valence-corrected chi connectivity index (χ3v) is 4.91. The molecule has 10 heteroatoms. The highest BCUT2D eigenvalue weighted by Gasteiger charge is 2.44. The predicted molar refractivity (Wildman–Crippen MR) is 110 cm³/mol. The Morgan fingerprint density at radius 3 is 2.41 bits per heavy atom. The van der Waals surface area contributed by atoms with Crippen molar-refractivity contribution >= 4 is 29.4 Å². The van der Waals surface area contributed by atoms with E-state index in [-0.39, 0.29) is 30.3 Å². The van der Waals surface area contributed by atoms with Gasteiger partial charge in [0.2, 0.25) is 6.10 Å². The lowest BCUT2D eigenvalue weighted by molar-refractivity contribution is -0.188. The molecule has 2 aliphatic heterocycles. The average Bonchev–Trinajstić information content (AvgIpc) is 2.63. The van der Waals surface area contributed by atoms with E-state index in [1.165, 1.54) is 11.0 Å². The van der Waals surface area contributed by atoms with E-state index >= 15 is 0 Å². The van der Waals surface area contributed by atoms with Crippen LogP contribution in [0, 0.1) is 5.82 Å². The summed E-state index contributed by atoms with van der Waals surface area (Å²) in [5.41, 5.74) is -0.612. The van der Waals surface area contributed by atoms with Crippen molar-refractivity contribution in [2.75, 3.05) is 31.1 Å². The van der Waals surface area contributed by atoms with Gasteiger partial charge in [-0.05, 0) is 45.4 Å². The maximum atomic E-state index is 14.3. The number of rotatable bonds is 5. The molecule has 2 fully saturated rings. The van der Waals surface area contributed by atoms with Gasteiger partial charge >= 0.3 is 11.9 Å². The number of carbonyl (C=O) groups excluding carboxylic acids is 4. The van der Waals surface area contributed by atoms with Crippen molar-refractivity contribution < 1.29 is 37.8 Å². The Balaban J connectivity index is 1.87. The van der Waals surface area contributed by atoms with Crippen LogP contribution in [0.2, 0.25) is 0 Å². The highest BCUT2D eigenvalue weighted by atomic mass is 19.1. The predicted octanol–water partition coefficient (Wildman–Crippen LogP) is 1.68. The Labute approximate surface area is 185 Å². The lowest BCUT2D eigenvalue weighted by Crippen LogP contribution is -2.56. The Bertz CT molecular complexity index is 923. The van der Waals surface area contributed by atoms with Gasteiger partial charge in [-0.1, -0.05) is 0 Å². The largest absolute Gasteiger partial charge is 0.457 e. The Hall–Kier alpha value is -3.01. The van der Waals surface area contributed by atoms with Gasteiger partial charge < -0.3 is 24.0 Å². The average molecular weight is 450 g/mol. The van der Waals surface area contributed by atoms with E-state index in [2.05, 4.69) is 0 Å². The highest BCUT2D eigenvalue weighted by Crippen LogP contribution is 2.26. The van der Waals surface area contributed by atoms with E-state index in [1.807, 2.05) is 0 Å². The SMILES string of the molecule is CC(=O)O[C@@H](C(=O)OC(C)(C)C)[C@H]1OCCN(c2cc(F)cc(C(=O)N3CCC3)c2)C1=O. The lowest BCUT2D eigenvalue weighted by Gasteiger charge is -2.36. The number of halogens is 1.